The number of ether oxygens (including phenoxy) is 1. The van der Waals surface area contributed by atoms with Gasteiger partial charge in [-0.1, -0.05) is 129 Å². The van der Waals surface area contributed by atoms with E-state index in [9.17, 15) is 19.2 Å². The molecule has 0 aliphatic carbocycles. The highest BCUT2D eigenvalue weighted by Crippen LogP contribution is 2.37. The van der Waals surface area contributed by atoms with Gasteiger partial charge in [0.05, 0.1) is 19.5 Å². The van der Waals surface area contributed by atoms with Gasteiger partial charge in [0.1, 0.15) is 24.1 Å². The minimum Gasteiger partial charge on any atom is -0.501 e. The third-order valence-electron chi connectivity index (χ3n) is 11.3. The summed E-state index contributed by atoms with van der Waals surface area (Å²) >= 11 is 0. The number of aliphatic hydroxyl groups excluding tert-OH is 1. The van der Waals surface area contributed by atoms with E-state index in [1.165, 1.54) is 34.3 Å². The van der Waals surface area contributed by atoms with Crippen molar-refractivity contribution in [2.45, 2.75) is 181 Å². The van der Waals surface area contributed by atoms with Crippen LogP contribution in [0.2, 0.25) is 0 Å². The van der Waals surface area contributed by atoms with E-state index in [0.717, 1.165) is 108 Å². The van der Waals surface area contributed by atoms with Crippen molar-refractivity contribution in [3.8, 4) is 0 Å². The Hall–Kier alpha value is -4.69. The zero-order chi connectivity index (χ0) is 50.0. The first-order chi connectivity index (χ1) is 30.2. The maximum absolute atomic E-state index is 11.9. The number of ketones is 2. The monoisotopic (exact) mass is 891 g/mol. The van der Waals surface area contributed by atoms with Crippen molar-refractivity contribution in [3.63, 3.8) is 0 Å². The minimum atomic E-state index is -0.833. The molecule has 0 radical (unpaired) electrons. The minimum absolute atomic E-state index is 0.107. The number of Topliss-reactive ketones (excluding diaryl/α,β-unsaturated/α-hetero) is 2. The number of carboxylic acid groups (broad SMARTS) is 1. The topological polar surface area (TPSA) is 135 Å². The lowest BCUT2D eigenvalue weighted by molar-refractivity contribution is -0.134. The van der Waals surface area contributed by atoms with Crippen molar-refractivity contribution >= 4 is 36.2 Å². The number of hydrogen-bond acceptors (Lipinski definition) is 7. The Labute approximate surface area is 390 Å². The molecule has 1 aromatic carbocycles. The number of rotatable bonds is 25. The number of aliphatic hydroxyl groups is 1. The number of benzene rings is 1. The van der Waals surface area contributed by atoms with Crippen LogP contribution < -0.4 is 0 Å². The summed E-state index contributed by atoms with van der Waals surface area (Å²) in [6, 6.07) is 10.2. The average molecular weight is 891 g/mol. The van der Waals surface area contributed by atoms with Crippen LogP contribution in [0.25, 0.3) is 6.08 Å². The second kappa shape index (κ2) is 42.3. The quantitative estimate of drug-likeness (QED) is 0.0326. The Morgan fingerprint density at radius 1 is 0.594 bits per heavy atom. The van der Waals surface area contributed by atoms with Crippen molar-refractivity contribution < 1.29 is 38.9 Å². The Bertz CT molecular complexity index is 1630. The molecule has 1 aromatic rings. The summed E-state index contributed by atoms with van der Waals surface area (Å²) < 4.78 is 5.30. The molecular weight excluding hydrogens is 801 g/mol. The SMILES string of the molecule is CC(=O)O.CC(C)=CCCC(C)=CC=O.CCC(CC)(C(C)=O)C(C)=CCC/C(C)=C/C=O.CCC(CC)(C(C)=O)C(C)=CCC/C(C)=C/CO.CCCCOC=Cc1ccccc1. The van der Waals surface area contributed by atoms with Crippen LogP contribution in [0, 0.1) is 10.8 Å². The van der Waals surface area contributed by atoms with Crippen molar-refractivity contribution in [2.75, 3.05) is 13.2 Å². The fourth-order valence-corrected chi connectivity index (χ4v) is 6.82. The molecule has 0 atom stereocenters. The summed E-state index contributed by atoms with van der Waals surface area (Å²) in [4.78, 5) is 53.1. The first-order valence-electron chi connectivity index (χ1n) is 23.2. The Morgan fingerprint density at radius 2 is 0.984 bits per heavy atom. The second-order valence-corrected chi connectivity index (χ2v) is 16.4. The molecule has 8 nitrogen and oxygen atoms in total. The molecule has 0 saturated heterocycles. The number of aldehydes is 2. The maximum atomic E-state index is 11.9. The van der Waals surface area contributed by atoms with Crippen molar-refractivity contribution in [3.05, 3.63) is 112 Å². The van der Waals surface area contributed by atoms with Crippen LogP contribution in [-0.4, -0.2) is 53.5 Å². The molecule has 0 aromatic heterocycles. The lowest BCUT2D eigenvalue weighted by atomic mass is 9.72. The van der Waals surface area contributed by atoms with E-state index in [1.54, 1.807) is 32.3 Å². The number of hydrogen-bond donors (Lipinski definition) is 2. The number of carbonyl (C=O) groups excluding carboxylic acids is 4. The lowest BCUT2D eigenvalue weighted by Gasteiger charge is -2.30. The zero-order valence-electron chi connectivity index (χ0n) is 42.9. The smallest absolute Gasteiger partial charge is 0.300 e. The molecule has 362 valence electrons. The lowest BCUT2D eigenvalue weighted by Crippen LogP contribution is -2.29. The van der Waals surface area contributed by atoms with Gasteiger partial charge in [0.25, 0.3) is 5.97 Å². The molecular formula is C56H90O8. The van der Waals surface area contributed by atoms with Gasteiger partial charge >= 0.3 is 0 Å². The largest absolute Gasteiger partial charge is 0.501 e. The molecule has 64 heavy (non-hydrogen) atoms. The molecule has 0 saturated carbocycles. The number of allylic oxidation sites excluding steroid dienone is 11. The van der Waals surface area contributed by atoms with E-state index in [4.69, 9.17) is 19.7 Å². The van der Waals surface area contributed by atoms with Gasteiger partial charge in [-0.25, -0.2) is 0 Å². The Balaban J connectivity index is -0.000000370. The second-order valence-electron chi connectivity index (χ2n) is 16.4. The Morgan fingerprint density at radius 3 is 1.31 bits per heavy atom. The van der Waals surface area contributed by atoms with Gasteiger partial charge < -0.3 is 14.9 Å². The van der Waals surface area contributed by atoms with Gasteiger partial charge in [0.15, 0.2) is 0 Å². The maximum Gasteiger partial charge on any atom is 0.300 e. The number of aliphatic carboxylic acids is 1. The summed E-state index contributed by atoms with van der Waals surface area (Å²) in [5.41, 5.74) is 7.74. The van der Waals surface area contributed by atoms with Gasteiger partial charge in [0, 0.05) is 17.8 Å². The first-order valence-corrected chi connectivity index (χ1v) is 23.2. The molecule has 0 amide bonds. The first kappa shape index (κ1) is 65.9. The van der Waals surface area contributed by atoms with Crippen molar-refractivity contribution in [1.82, 2.24) is 0 Å². The van der Waals surface area contributed by atoms with E-state index in [0.29, 0.717) is 0 Å². The molecule has 8 heteroatoms. The van der Waals surface area contributed by atoms with Gasteiger partial charge in [-0.2, -0.15) is 0 Å². The van der Waals surface area contributed by atoms with Crippen LogP contribution in [0.5, 0.6) is 0 Å². The standard InChI is InChI=1S/C16H28O2.C16H26O2.C12H16O.C10H16O.C2H4O2/c2*1-6-16(7-2,15(5)18)14(4)10-8-9-13(3)11-12-17;1-2-3-10-13-11-9-12-7-5-4-6-8-12;1-9(2)5-4-6-10(3)7-8-11;1-2(3)4/h10-11,17H,6-9,12H2,1-5H3;10-12H,6-9H2,1-5H3;4-9,11H,2-3,10H2,1H3;5,7-8H,4,6H2,1-3H3;1H3,(H,3,4)/b2*13-11+,14-10?;;;. The molecule has 1 rings (SSSR count). The highest BCUT2D eigenvalue weighted by molar-refractivity contribution is 5.86. The highest BCUT2D eigenvalue weighted by atomic mass is 16.5. The molecule has 0 bridgehead atoms. The van der Waals surface area contributed by atoms with Gasteiger partial charge in [-0.3, -0.25) is 24.0 Å². The molecule has 0 heterocycles. The molecule has 0 spiro atoms. The van der Waals surface area contributed by atoms with Crippen LogP contribution in [-0.2, 0) is 28.7 Å². The van der Waals surface area contributed by atoms with E-state index in [1.807, 2.05) is 58.0 Å². The van der Waals surface area contributed by atoms with E-state index < -0.39 is 5.97 Å². The van der Waals surface area contributed by atoms with Gasteiger partial charge in [0.2, 0.25) is 0 Å². The van der Waals surface area contributed by atoms with E-state index in [-0.39, 0.29) is 29.0 Å². The predicted molar refractivity (Wildman–Crippen MR) is 272 cm³/mol. The molecule has 0 aliphatic rings. The van der Waals surface area contributed by atoms with Crippen molar-refractivity contribution in [2.24, 2.45) is 10.8 Å². The summed E-state index contributed by atoms with van der Waals surface area (Å²) in [7, 11) is 0. The van der Waals surface area contributed by atoms with Crippen LogP contribution in [0.1, 0.15) is 186 Å². The van der Waals surface area contributed by atoms with Crippen molar-refractivity contribution in [1.29, 1.82) is 0 Å². The predicted octanol–water partition coefficient (Wildman–Crippen LogP) is 14.7. The Kier molecular flexibility index (Phi) is 43.5. The summed E-state index contributed by atoms with van der Waals surface area (Å²) in [6.07, 6.45) is 28.4. The highest BCUT2D eigenvalue weighted by Gasteiger charge is 2.33. The van der Waals surface area contributed by atoms with Crippen LogP contribution in [0.15, 0.2) is 106 Å². The summed E-state index contributed by atoms with van der Waals surface area (Å²) in [5.74, 6) is -0.315. The van der Waals surface area contributed by atoms with Gasteiger partial charge in [-0.15, -0.1) is 0 Å². The normalized spacial score (nSPS) is 12.2. The third-order valence-corrected chi connectivity index (χ3v) is 11.3. The summed E-state index contributed by atoms with van der Waals surface area (Å²) in [5, 5.41) is 16.2. The number of carboxylic acids is 1. The molecule has 2 N–H and O–H groups in total. The van der Waals surface area contributed by atoms with Gasteiger partial charge in [-0.05, 0) is 157 Å². The van der Waals surface area contributed by atoms with Crippen LogP contribution in [0.3, 0.4) is 0 Å². The third kappa shape index (κ3) is 33.8. The molecule has 0 aliphatic heterocycles. The van der Waals surface area contributed by atoms with E-state index >= 15 is 0 Å². The molecule has 0 fully saturated rings. The zero-order valence-corrected chi connectivity index (χ0v) is 42.9. The fraction of sp³-hybridized carbons (Fsp3) is 0.554. The summed E-state index contributed by atoms with van der Waals surface area (Å²) in [6.45, 7) is 30.1. The fourth-order valence-electron chi connectivity index (χ4n) is 6.82. The van der Waals surface area contributed by atoms with E-state index in [2.05, 4.69) is 85.8 Å². The van der Waals surface area contributed by atoms with Crippen LogP contribution >= 0.6 is 0 Å². The molecule has 0 unspecified atom stereocenters. The number of carbonyl (C=O) groups is 5. The average Bonchev–Trinajstić information content (AvgIpc) is 3.23. The number of unbranched alkanes of at least 4 members (excludes halogenated alkanes) is 1. The van der Waals surface area contributed by atoms with Crippen LogP contribution in [0.4, 0.5) is 0 Å².